The van der Waals surface area contributed by atoms with Crippen molar-refractivity contribution in [1.82, 2.24) is 14.9 Å². The smallest absolute Gasteiger partial charge is 0.220 e. The lowest BCUT2D eigenvalue weighted by atomic mass is 10.1. The van der Waals surface area contributed by atoms with Crippen LogP contribution in [0.1, 0.15) is 44.1 Å². The molecule has 1 unspecified atom stereocenters. The maximum atomic E-state index is 11.8. The lowest BCUT2D eigenvalue weighted by Crippen LogP contribution is -2.28. The van der Waals surface area contributed by atoms with Crippen LogP contribution >= 0.6 is 0 Å². The minimum Gasteiger partial charge on any atom is -0.493 e. The van der Waals surface area contributed by atoms with Gasteiger partial charge in [-0.15, -0.1) is 6.58 Å². The number of amides is 1. The number of aryl methyl sites for hydroxylation is 1. The zero-order valence-corrected chi connectivity index (χ0v) is 17.2. The largest absolute Gasteiger partial charge is 0.493 e. The van der Waals surface area contributed by atoms with Gasteiger partial charge in [0.15, 0.2) is 0 Å². The molecule has 3 rings (SSSR count). The molecular formula is C24H29N3O2. The van der Waals surface area contributed by atoms with Gasteiger partial charge in [0, 0.05) is 13.0 Å². The van der Waals surface area contributed by atoms with E-state index < -0.39 is 0 Å². The average molecular weight is 392 g/mol. The summed E-state index contributed by atoms with van der Waals surface area (Å²) in [6, 6.07) is 16.0. The Balaban J connectivity index is 1.71. The van der Waals surface area contributed by atoms with Crippen molar-refractivity contribution in [2.45, 2.75) is 45.7 Å². The molecule has 0 spiro atoms. The zero-order chi connectivity index (χ0) is 20.6. The monoisotopic (exact) mass is 391 g/mol. The first-order valence-corrected chi connectivity index (χ1v) is 10.2. The molecule has 0 saturated carbocycles. The van der Waals surface area contributed by atoms with Gasteiger partial charge in [0.05, 0.1) is 23.7 Å². The fourth-order valence-electron chi connectivity index (χ4n) is 3.44. The second-order valence-corrected chi connectivity index (χ2v) is 7.06. The summed E-state index contributed by atoms with van der Waals surface area (Å²) >= 11 is 0. The molecule has 152 valence electrons. The molecule has 2 aromatic carbocycles. The summed E-state index contributed by atoms with van der Waals surface area (Å²) in [4.78, 5) is 16.6. The molecule has 5 nitrogen and oxygen atoms in total. The molecule has 1 aromatic heterocycles. The van der Waals surface area contributed by atoms with Gasteiger partial charge in [0.25, 0.3) is 0 Å². The number of hydrogen-bond acceptors (Lipinski definition) is 3. The van der Waals surface area contributed by atoms with Gasteiger partial charge in [0.1, 0.15) is 11.6 Å². The van der Waals surface area contributed by atoms with E-state index in [0.29, 0.717) is 13.0 Å². The van der Waals surface area contributed by atoms with Gasteiger partial charge >= 0.3 is 0 Å². The predicted molar refractivity (Wildman–Crippen MR) is 117 cm³/mol. The molecular weight excluding hydrogens is 362 g/mol. The van der Waals surface area contributed by atoms with Crippen LogP contribution in [0.4, 0.5) is 0 Å². The summed E-state index contributed by atoms with van der Waals surface area (Å²) in [5, 5.41) is 3.02. The number of fused-ring (bicyclic) bond motifs is 1. The van der Waals surface area contributed by atoms with Gasteiger partial charge in [-0.1, -0.05) is 43.3 Å². The van der Waals surface area contributed by atoms with E-state index in [4.69, 9.17) is 9.72 Å². The molecule has 1 heterocycles. The molecule has 0 aliphatic carbocycles. The Labute approximate surface area is 172 Å². The van der Waals surface area contributed by atoms with E-state index in [-0.39, 0.29) is 11.9 Å². The topological polar surface area (TPSA) is 56.1 Å². The van der Waals surface area contributed by atoms with Crippen LogP contribution in [0.2, 0.25) is 0 Å². The van der Waals surface area contributed by atoms with Crippen molar-refractivity contribution < 1.29 is 9.53 Å². The first kappa shape index (κ1) is 20.6. The third-order valence-electron chi connectivity index (χ3n) is 4.89. The fourth-order valence-corrected chi connectivity index (χ4v) is 3.44. The van der Waals surface area contributed by atoms with Crippen molar-refractivity contribution in [1.29, 1.82) is 0 Å². The Morgan fingerprint density at radius 2 is 2.00 bits per heavy atom. The van der Waals surface area contributed by atoms with Gasteiger partial charge in [-0.2, -0.15) is 0 Å². The molecule has 3 aromatic rings. The van der Waals surface area contributed by atoms with Crippen molar-refractivity contribution in [3.05, 3.63) is 72.6 Å². The maximum absolute atomic E-state index is 11.8. The molecule has 0 radical (unpaired) electrons. The quantitative estimate of drug-likeness (QED) is 0.398. The number of nitrogens with zero attached hydrogens (tertiary/aromatic N) is 2. The van der Waals surface area contributed by atoms with Gasteiger partial charge in [-0.05, 0) is 43.5 Å². The first-order chi connectivity index (χ1) is 14.1. The Kier molecular flexibility index (Phi) is 7.06. The van der Waals surface area contributed by atoms with Crippen LogP contribution in [0.5, 0.6) is 5.75 Å². The van der Waals surface area contributed by atoms with Crippen LogP contribution in [0, 0.1) is 0 Å². The summed E-state index contributed by atoms with van der Waals surface area (Å²) in [5.74, 6) is 1.81. The molecule has 0 aliphatic heterocycles. The summed E-state index contributed by atoms with van der Waals surface area (Å²) in [6.45, 7) is 9.02. The second kappa shape index (κ2) is 9.92. The summed E-state index contributed by atoms with van der Waals surface area (Å²) in [7, 11) is 0. The summed E-state index contributed by atoms with van der Waals surface area (Å²) in [5.41, 5.74) is 3.16. The van der Waals surface area contributed by atoms with Crippen molar-refractivity contribution >= 4 is 16.9 Å². The number of carbonyl (C=O) groups is 1. The highest BCUT2D eigenvalue weighted by molar-refractivity contribution is 5.77. The minimum absolute atomic E-state index is 0.0262. The van der Waals surface area contributed by atoms with E-state index in [2.05, 4.69) is 28.6 Å². The van der Waals surface area contributed by atoms with Crippen LogP contribution in [0.25, 0.3) is 11.0 Å². The van der Waals surface area contributed by atoms with E-state index in [0.717, 1.165) is 47.6 Å². The molecule has 5 heteroatoms. The Morgan fingerprint density at radius 1 is 1.24 bits per heavy atom. The first-order valence-electron chi connectivity index (χ1n) is 10.2. The van der Waals surface area contributed by atoms with Crippen molar-refractivity contribution in [3.8, 4) is 5.75 Å². The maximum Gasteiger partial charge on any atom is 0.220 e. The number of allylic oxidation sites excluding steroid dienone is 1. The molecule has 1 atom stereocenters. The number of ether oxygens (including phenoxy) is 1. The van der Waals surface area contributed by atoms with Gasteiger partial charge in [0.2, 0.25) is 5.91 Å². The Hall–Kier alpha value is -3.08. The van der Waals surface area contributed by atoms with E-state index in [1.165, 1.54) is 0 Å². The average Bonchev–Trinajstić information content (AvgIpc) is 3.11. The van der Waals surface area contributed by atoms with Gasteiger partial charge in [-0.3, -0.25) is 4.79 Å². The van der Waals surface area contributed by atoms with E-state index >= 15 is 0 Å². The highest BCUT2D eigenvalue weighted by Crippen LogP contribution is 2.22. The zero-order valence-electron chi connectivity index (χ0n) is 17.2. The van der Waals surface area contributed by atoms with Crippen molar-refractivity contribution in [3.63, 3.8) is 0 Å². The minimum atomic E-state index is -0.149. The number of rotatable bonds is 10. The van der Waals surface area contributed by atoms with E-state index in [1.807, 2.05) is 56.3 Å². The van der Waals surface area contributed by atoms with E-state index in [9.17, 15) is 4.79 Å². The third-order valence-corrected chi connectivity index (χ3v) is 4.89. The second-order valence-electron chi connectivity index (χ2n) is 7.06. The molecule has 0 fully saturated rings. The summed E-state index contributed by atoms with van der Waals surface area (Å²) < 4.78 is 8.22. The van der Waals surface area contributed by atoms with Crippen molar-refractivity contribution in [2.24, 2.45) is 0 Å². The summed E-state index contributed by atoms with van der Waals surface area (Å²) in [6.07, 6.45) is 3.98. The number of nitrogens with one attached hydrogen (secondary N) is 1. The molecule has 0 bridgehead atoms. The number of aromatic nitrogens is 2. The number of imidazole rings is 1. The SMILES string of the molecule is C=CCc1ccccc1OCCCn1c(C(C)NC(=O)CC)nc2ccccc21. The highest BCUT2D eigenvalue weighted by Gasteiger charge is 2.17. The van der Waals surface area contributed by atoms with Crippen LogP contribution in [0.3, 0.4) is 0 Å². The number of benzene rings is 2. The molecule has 1 N–H and O–H groups in total. The standard InChI is InChI=1S/C24H29N3O2/c1-4-11-19-12-6-9-15-22(19)29-17-10-16-27-21-14-8-7-13-20(21)26-24(27)18(3)25-23(28)5-2/h4,6-9,12-15,18H,1,5,10-11,16-17H2,2-3H3,(H,25,28). The number of carbonyl (C=O) groups excluding carboxylic acids is 1. The molecule has 29 heavy (non-hydrogen) atoms. The number of hydrogen-bond donors (Lipinski definition) is 1. The van der Waals surface area contributed by atoms with Crippen LogP contribution in [-0.4, -0.2) is 22.1 Å². The van der Waals surface area contributed by atoms with Crippen LogP contribution < -0.4 is 10.1 Å². The molecule has 0 aliphatic rings. The lowest BCUT2D eigenvalue weighted by Gasteiger charge is -2.16. The van der Waals surface area contributed by atoms with Crippen LogP contribution in [0.15, 0.2) is 61.2 Å². The van der Waals surface area contributed by atoms with Gasteiger partial charge < -0.3 is 14.6 Å². The van der Waals surface area contributed by atoms with Gasteiger partial charge in [-0.25, -0.2) is 4.98 Å². The van der Waals surface area contributed by atoms with Crippen LogP contribution in [-0.2, 0) is 17.8 Å². The lowest BCUT2D eigenvalue weighted by molar-refractivity contribution is -0.121. The van der Waals surface area contributed by atoms with E-state index in [1.54, 1.807) is 0 Å². The third kappa shape index (κ3) is 5.05. The fraction of sp³-hybridized carbons (Fsp3) is 0.333. The Morgan fingerprint density at radius 3 is 2.79 bits per heavy atom. The predicted octanol–water partition coefficient (Wildman–Crippen LogP) is 4.82. The highest BCUT2D eigenvalue weighted by atomic mass is 16.5. The normalized spacial score (nSPS) is 11.9. The molecule has 0 saturated heterocycles. The number of para-hydroxylation sites is 3. The Bertz CT molecular complexity index is 977. The molecule has 1 amide bonds. The van der Waals surface area contributed by atoms with Crippen molar-refractivity contribution in [2.75, 3.05) is 6.61 Å².